The number of carbonyl (C=O) groups is 2. The molecule has 1 aromatic carbocycles. The van der Waals surface area contributed by atoms with Crippen molar-refractivity contribution in [1.29, 1.82) is 0 Å². The first-order chi connectivity index (χ1) is 15.6. The molecule has 1 aliphatic rings. The van der Waals surface area contributed by atoms with Gasteiger partial charge in [0.05, 0.1) is 12.5 Å². The van der Waals surface area contributed by atoms with E-state index in [0.717, 1.165) is 0 Å². The Hall–Kier alpha value is -2.65. The van der Waals surface area contributed by atoms with Crippen LogP contribution in [0.4, 0.5) is 5.69 Å². The number of H-pyrrole nitrogens is 1. The zero-order chi connectivity index (χ0) is 24.3. The van der Waals surface area contributed by atoms with Gasteiger partial charge in [-0.05, 0) is 57.2 Å². The van der Waals surface area contributed by atoms with E-state index in [0.29, 0.717) is 42.4 Å². The number of anilines is 1. The zero-order valence-electron chi connectivity index (χ0n) is 19.9. The van der Waals surface area contributed by atoms with E-state index in [9.17, 15) is 18.0 Å². The number of aromatic amines is 1. The summed E-state index contributed by atoms with van der Waals surface area (Å²) in [7, 11) is -4.00. The van der Waals surface area contributed by atoms with Crippen LogP contribution in [0.15, 0.2) is 29.2 Å². The number of hydrogen-bond acceptors (Lipinski definition) is 5. The SMILES string of the molecule is CCOC(=O)c1c(C)[nH]c(C)c1S(=O)(=O)N1CCCC(C(=O)Nc2ccc(C(C)C)cc2)C1. The molecule has 33 heavy (non-hydrogen) atoms. The molecule has 1 aromatic heterocycles. The minimum Gasteiger partial charge on any atom is -0.462 e. The molecule has 0 aliphatic carbocycles. The number of amides is 1. The summed E-state index contributed by atoms with van der Waals surface area (Å²) < 4.78 is 33.5. The molecular weight excluding hydrogens is 442 g/mol. The summed E-state index contributed by atoms with van der Waals surface area (Å²) in [6, 6.07) is 7.68. The number of benzene rings is 1. The maximum absolute atomic E-state index is 13.5. The number of piperidine rings is 1. The van der Waals surface area contributed by atoms with Crippen LogP contribution in [-0.4, -0.2) is 49.3 Å². The lowest BCUT2D eigenvalue weighted by Gasteiger charge is -2.31. The number of carbonyl (C=O) groups excluding carboxylic acids is 2. The minimum atomic E-state index is -4.00. The molecule has 3 rings (SSSR count). The predicted octanol–water partition coefficient (Wildman–Crippen LogP) is 3.97. The van der Waals surface area contributed by atoms with Crippen molar-refractivity contribution < 1.29 is 22.7 Å². The van der Waals surface area contributed by atoms with Crippen LogP contribution in [0.1, 0.15) is 66.8 Å². The van der Waals surface area contributed by atoms with Crippen molar-refractivity contribution in [3.63, 3.8) is 0 Å². The molecule has 0 saturated carbocycles. The minimum absolute atomic E-state index is 0.0335. The summed E-state index contributed by atoms with van der Waals surface area (Å²) in [4.78, 5) is 28.3. The van der Waals surface area contributed by atoms with Crippen molar-refractivity contribution in [2.45, 2.75) is 58.3 Å². The van der Waals surface area contributed by atoms with E-state index in [-0.39, 0.29) is 29.5 Å². The summed E-state index contributed by atoms with van der Waals surface area (Å²) in [5.41, 5.74) is 2.72. The van der Waals surface area contributed by atoms with Gasteiger partial charge in [-0.2, -0.15) is 4.31 Å². The second-order valence-electron chi connectivity index (χ2n) is 8.77. The lowest BCUT2D eigenvalue weighted by Crippen LogP contribution is -2.44. The van der Waals surface area contributed by atoms with Gasteiger partial charge >= 0.3 is 5.97 Å². The average molecular weight is 476 g/mol. The molecule has 2 aromatic rings. The predicted molar refractivity (Wildman–Crippen MR) is 127 cm³/mol. The Kier molecular flexibility index (Phi) is 7.64. The Morgan fingerprint density at radius 3 is 2.45 bits per heavy atom. The van der Waals surface area contributed by atoms with E-state index in [2.05, 4.69) is 24.1 Å². The Morgan fingerprint density at radius 1 is 1.18 bits per heavy atom. The molecular formula is C24H33N3O5S. The number of hydrogen-bond donors (Lipinski definition) is 2. The Morgan fingerprint density at radius 2 is 1.85 bits per heavy atom. The number of nitrogens with one attached hydrogen (secondary N) is 2. The quantitative estimate of drug-likeness (QED) is 0.589. The van der Waals surface area contributed by atoms with Crippen LogP contribution in [0.3, 0.4) is 0 Å². The molecule has 2 heterocycles. The molecule has 1 saturated heterocycles. The molecule has 8 nitrogen and oxygen atoms in total. The normalized spacial score (nSPS) is 17.2. The summed E-state index contributed by atoms with van der Waals surface area (Å²) in [6.07, 6.45) is 1.15. The van der Waals surface area contributed by atoms with Gasteiger partial charge in [-0.15, -0.1) is 0 Å². The summed E-state index contributed by atoms with van der Waals surface area (Å²) in [5.74, 6) is -0.967. The van der Waals surface area contributed by atoms with Crippen LogP contribution in [0, 0.1) is 19.8 Å². The topological polar surface area (TPSA) is 109 Å². The van der Waals surface area contributed by atoms with Gasteiger partial charge in [0.15, 0.2) is 0 Å². The van der Waals surface area contributed by atoms with E-state index in [1.165, 1.54) is 9.87 Å². The Labute approximate surface area is 195 Å². The van der Waals surface area contributed by atoms with Crippen molar-refractivity contribution in [2.24, 2.45) is 5.92 Å². The number of nitrogens with zero attached hydrogens (tertiary/aromatic N) is 1. The maximum Gasteiger partial charge on any atom is 0.341 e. The van der Waals surface area contributed by atoms with E-state index < -0.39 is 21.9 Å². The first-order valence-electron chi connectivity index (χ1n) is 11.3. The van der Waals surface area contributed by atoms with Crippen molar-refractivity contribution in [3.05, 3.63) is 46.8 Å². The van der Waals surface area contributed by atoms with Crippen LogP contribution in [0.5, 0.6) is 0 Å². The second-order valence-corrected chi connectivity index (χ2v) is 10.6. The highest BCUT2D eigenvalue weighted by molar-refractivity contribution is 7.89. The number of ether oxygens (including phenoxy) is 1. The van der Waals surface area contributed by atoms with Gasteiger partial charge in [-0.25, -0.2) is 13.2 Å². The number of aromatic nitrogens is 1. The van der Waals surface area contributed by atoms with Crippen molar-refractivity contribution >= 4 is 27.6 Å². The zero-order valence-corrected chi connectivity index (χ0v) is 20.7. The second kappa shape index (κ2) is 10.1. The summed E-state index contributed by atoms with van der Waals surface area (Å²) in [5, 5.41) is 2.91. The fraction of sp³-hybridized carbons (Fsp3) is 0.500. The van der Waals surface area contributed by atoms with Crippen molar-refractivity contribution in [3.8, 4) is 0 Å². The van der Waals surface area contributed by atoms with Crippen LogP contribution >= 0.6 is 0 Å². The standard InChI is InChI=1S/C24H33N3O5S/c1-6-32-24(29)21-16(4)25-17(5)22(21)33(30,31)27-13-7-8-19(14-27)23(28)26-20-11-9-18(10-12-20)15(2)3/h9-12,15,19,25H,6-8,13-14H2,1-5H3,(H,26,28). The van der Waals surface area contributed by atoms with Crippen LogP contribution < -0.4 is 5.32 Å². The number of esters is 1. The molecule has 0 spiro atoms. The third-order valence-electron chi connectivity index (χ3n) is 5.99. The Bertz CT molecular complexity index is 1120. The van der Waals surface area contributed by atoms with Crippen molar-refractivity contribution in [1.82, 2.24) is 9.29 Å². The third-order valence-corrected chi connectivity index (χ3v) is 8.03. The molecule has 2 N–H and O–H groups in total. The lowest BCUT2D eigenvalue weighted by atomic mass is 9.98. The molecule has 180 valence electrons. The third kappa shape index (κ3) is 5.30. The summed E-state index contributed by atoms with van der Waals surface area (Å²) in [6.45, 7) is 9.65. The lowest BCUT2D eigenvalue weighted by molar-refractivity contribution is -0.120. The van der Waals surface area contributed by atoms with Gasteiger partial charge in [0.25, 0.3) is 0 Å². The van der Waals surface area contributed by atoms with Crippen LogP contribution in [0.2, 0.25) is 0 Å². The highest BCUT2D eigenvalue weighted by atomic mass is 32.2. The first-order valence-corrected chi connectivity index (χ1v) is 12.8. The first kappa shape index (κ1) is 25.0. The highest BCUT2D eigenvalue weighted by Crippen LogP contribution is 2.31. The molecule has 1 atom stereocenters. The van der Waals surface area contributed by atoms with E-state index in [1.807, 2.05) is 24.3 Å². The molecule has 1 aliphatic heterocycles. The fourth-order valence-corrected chi connectivity index (χ4v) is 6.17. The van der Waals surface area contributed by atoms with Gasteiger partial charge in [0.2, 0.25) is 15.9 Å². The smallest absolute Gasteiger partial charge is 0.341 e. The number of rotatable bonds is 7. The van der Waals surface area contributed by atoms with Crippen LogP contribution in [0.25, 0.3) is 0 Å². The van der Waals surface area contributed by atoms with Gasteiger partial charge in [0, 0.05) is 30.2 Å². The summed E-state index contributed by atoms with van der Waals surface area (Å²) >= 11 is 0. The van der Waals surface area contributed by atoms with E-state index >= 15 is 0 Å². The van der Waals surface area contributed by atoms with Crippen molar-refractivity contribution in [2.75, 3.05) is 25.0 Å². The fourth-order valence-electron chi connectivity index (χ4n) is 4.23. The monoisotopic (exact) mass is 475 g/mol. The average Bonchev–Trinajstić information content (AvgIpc) is 3.08. The molecule has 0 bridgehead atoms. The molecule has 1 unspecified atom stereocenters. The number of sulfonamides is 1. The molecule has 9 heteroatoms. The Balaban J connectivity index is 1.80. The van der Waals surface area contributed by atoms with Gasteiger partial charge in [-0.3, -0.25) is 4.79 Å². The van der Waals surface area contributed by atoms with E-state index in [1.54, 1.807) is 20.8 Å². The van der Waals surface area contributed by atoms with Gasteiger partial charge in [0.1, 0.15) is 10.5 Å². The molecule has 0 radical (unpaired) electrons. The maximum atomic E-state index is 13.5. The molecule has 1 amide bonds. The highest BCUT2D eigenvalue weighted by Gasteiger charge is 2.38. The molecule has 1 fully saturated rings. The van der Waals surface area contributed by atoms with Crippen LogP contribution in [-0.2, 0) is 19.6 Å². The number of aryl methyl sites for hydroxylation is 2. The van der Waals surface area contributed by atoms with Gasteiger partial charge < -0.3 is 15.0 Å². The largest absolute Gasteiger partial charge is 0.462 e. The van der Waals surface area contributed by atoms with Gasteiger partial charge in [-0.1, -0.05) is 26.0 Å². The van der Waals surface area contributed by atoms with E-state index in [4.69, 9.17) is 4.74 Å².